The fourth-order valence-electron chi connectivity index (χ4n) is 1.42. The van der Waals surface area contributed by atoms with Gasteiger partial charge in [-0.3, -0.25) is 9.59 Å². The first kappa shape index (κ1) is 14.8. The van der Waals surface area contributed by atoms with Crippen LogP contribution in [0.4, 0.5) is 0 Å². The first-order valence-corrected chi connectivity index (χ1v) is 6.71. The summed E-state index contributed by atoms with van der Waals surface area (Å²) in [6.45, 7) is 7.46. The maximum absolute atomic E-state index is 11.6. The Bertz CT molecular complexity index is 447. The Hall–Kier alpha value is -1.29. The minimum Gasteiger partial charge on any atom is -0.459 e. The van der Waals surface area contributed by atoms with Gasteiger partial charge in [-0.15, -0.1) is 11.8 Å². The summed E-state index contributed by atoms with van der Waals surface area (Å²) in [5, 5.41) is 0. The van der Waals surface area contributed by atoms with Crippen LogP contribution in [0.1, 0.15) is 36.7 Å². The molecule has 0 aromatic heterocycles. The van der Waals surface area contributed by atoms with E-state index in [2.05, 4.69) is 0 Å². The van der Waals surface area contributed by atoms with Gasteiger partial charge in [0, 0.05) is 10.5 Å². The van der Waals surface area contributed by atoms with Crippen molar-refractivity contribution in [3.05, 3.63) is 29.3 Å². The van der Waals surface area contributed by atoms with Gasteiger partial charge in [0.25, 0.3) is 0 Å². The summed E-state index contributed by atoms with van der Waals surface area (Å²) in [5.74, 6) is 0.0461. The number of aryl methyl sites for hydroxylation is 1. The minimum atomic E-state index is -0.450. The van der Waals surface area contributed by atoms with E-state index in [9.17, 15) is 9.59 Å². The Morgan fingerprint density at radius 1 is 1.39 bits per heavy atom. The molecular weight excluding hydrogens is 248 g/mol. The van der Waals surface area contributed by atoms with Crippen molar-refractivity contribution < 1.29 is 14.3 Å². The number of aldehydes is 1. The number of benzene rings is 1. The number of hydrogen-bond donors (Lipinski definition) is 0. The fraction of sp³-hybridized carbons (Fsp3) is 0.429. The molecule has 1 aromatic rings. The highest BCUT2D eigenvalue weighted by atomic mass is 32.2. The third kappa shape index (κ3) is 4.92. The lowest BCUT2D eigenvalue weighted by molar-refractivity contribution is -0.151. The van der Waals surface area contributed by atoms with Gasteiger partial charge in [-0.1, -0.05) is 6.07 Å². The maximum atomic E-state index is 11.6. The van der Waals surface area contributed by atoms with Crippen LogP contribution in [0.2, 0.25) is 0 Å². The van der Waals surface area contributed by atoms with Crippen LogP contribution in [0.15, 0.2) is 23.1 Å². The Morgan fingerprint density at radius 2 is 2.06 bits per heavy atom. The molecule has 3 nitrogen and oxygen atoms in total. The van der Waals surface area contributed by atoms with Gasteiger partial charge in [-0.25, -0.2) is 0 Å². The van der Waals surface area contributed by atoms with Gasteiger partial charge in [-0.05, 0) is 45.4 Å². The second kappa shape index (κ2) is 6.05. The average Bonchev–Trinajstić information content (AvgIpc) is 2.25. The highest BCUT2D eigenvalue weighted by Crippen LogP contribution is 2.23. The van der Waals surface area contributed by atoms with E-state index in [-0.39, 0.29) is 11.7 Å². The van der Waals surface area contributed by atoms with Gasteiger partial charge in [0.05, 0.1) is 5.75 Å². The summed E-state index contributed by atoms with van der Waals surface area (Å²) >= 11 is 1.42. The highest BCUT2D eigenvalue weighted by Gasteiger charge is 2.16. The summed E-state index contributed by atoms with van der Waals surface area (Å²) < 4.78 is 5.23. The van der Waals surface area contributed by atoms with Crippen molar-refractivity contribution in [3.63, 3.8) is 0 Å². The van der Waals surface area contributed by atoms with E-state index in [0.717, 1.165) is 16.7 Å². The predicted octanol–water partition coefficient (Wildman–Crippen LogP) is 3.24. The average molecular weight is 266 g/mol. The van der Waals surface area contributed by atoms with Crippen LogP contribution in [-0.4, -0.2) is 23.6 Å². The molecule has 98 valence electrons. The fourth-order valence-corrected chi connectivity index (χ4v) is 2.20. The Labute approximate surface area is 112 Å². The zero-order valence-electron chi connectivity index (χ0n) is 11.1. The molecule has 0 aliphatic carbocycles. The van der Waals surface area contributed by atoms with E-state index >= 15 is 0 Å². The summed E-state index contributed by atoms with van der Waals surface area (Å²) in [6, 6.07) is 5.41. The lowest BCUT2D eigenvalue weighted by atomic mass is 10.2. The van der Waals surface area contributed by atoms with Crippen LogP contribution in [0.3, 0.4) is 0 Å². The molecule has 4 heteroatoms. The van der Waals surface area contributed by atoms with E-state index in [1.54, 1.807) is 6.07 Å². The molecule has 0 amide bonds. The summed E-state index contributed by atoms with van der Waals surface area (Å²) in [5.41, 5.74) is 1.19. The molecule has 1 aromatic carbocycles. The number of esters is 1. The van der Waals surface area contributed by atoms with Gasteiger partial charge in [-0.2, -0.15) is 0 Å². The number of thioether (sulfide) groups is 1. The van der Waals surface area contributed by atoms with Gasteiger partial charge in [0.2, 0.25) is 0 Å². The minimum absolute atomic E-state index is 0.230. The van der Waals surface area contributed by atoms with Gasteiger partial charge in [0.15, 0.2) is 0 Å². The first-order valence-electron chi connectivity index (χ1n) is 5.72. The Morgan fingerprint density at radius 3 is 2.56 bits per heavy atom. The van der Waals surface area contributed by atoms with Crippen molar-refractivity contribution in [1.82, 2.24) is 0 Å². The lowest BCUT2D eigenvalue weighted by Gasteiger charge is -2.19. The highest BCUT2D eigenvalue weighted by molar-refractivity contribution is 8.00. The number of ether oxygens (including phenoxy) is 1. The zero-order valence-corrected chi connectivity index (χ0v) is 12.0. The molecule has 0 N–H and O–H groups in total. The Kier molecular flexibility index (Phi) is 4.96. The lowest BCUT2D eigenvalue weighted by Crippen LogP contribution is -2.24. The summed E-state index contributed by atoms with van der Waals surface area (Å²) in [6.07, 6.45) is 0.815. The maximum Gasteiger partial charge on any atom is 0.316 e. The molecule has 1 rings (SSSR count). The van der Waals surface area contributed by atoms with Crippen LogP contribution in [-0.2, 0) is 9.53 Å². The molecule has 0 aliphatic rings. The van der Waals surface area contributed by atoms with Crippen LogP contribution >= 0.6 is 11.8 Å². The van der Waals surface area contributed by atoms with Crippen molar-refractivity contribution in [3.8, 4) is 0 Å². The quantitative estimate of drug-likeness (QED) is 0.477. The van der Waals surface area contributed by atoms with Gasteiger partial charge in [0.1, 0.15) is 11.9 Å². The molecule has 0 spiro atoms. The molecule has 0 atom stereocenters. The molecule has 0 unspecified atom stereocenters. The monoisotopic (exact) mass is 266 g/mol. The molecule has 0 fully saturated rings. The second-order valence-electron chi connectivity index (χ2n) is 5.02. The summed E-state index contributed by atoms with van der Waals surface area (Å²) in [7, 11) is 0. The number of hydrogen-bond acceptors (Lipinski definition) is 4. The van der Waals surface area contributed by atoms with Gasteiger partial charge >= 0.3 is 5.97 Å². The van der Waals surface area contributed by atoms with E-state index in [1.807, 2.05) is 39.8 Å². The van der Waals surface area contributed by atoms with Crippen LogP contribution < -0.4 is 0 Å². The van der Waals surface area contributed by atoms with Crippen LogP contribution in [0.5, 0.6) is 0 Å². The molecule has 0 aliphatic heterocycles. The molecule has 0 saturated heterocycles. The van der Waals surface area contributed by atoms with Gasteiger partial charge < -0.3 is 4.74 Å². The zero-order chi connectivity index (χ0) is 13.8. The van der Waals surface area contributed by atoms with Crippen molar-refractivity contribution in [2.75, 3.05) is 5.75 Å². The molecular formula is C14H18O3S. The second-order valence-corrected chi connectivity index (χ2v) is 6.04. The normalized spacial score (nSPS) is 11.1. The predicted molar refractivity (Wildman–Crippen MR) is 73.1 cm³/mol. The largest absolute Gasteiger partial charge is 0.459 e. The molecule has 18 heavy (non-hydrogen) atoms. The van der Waals surface area contributed by atoms with Crippen LogP contribution in [0.25, 0.3) is 0 Å². The molecule has 0 bridgehead atoms. The number of carbonyl (C=O) groups is 2. The number of carbonyl (C=O) groups excluding carboxylic acids is 2. The summed E-state index contributed by atoms with van der Waals surface area (Å²) in [4.78, 5) is 23.2. The van der Waals surface area contributed by atoms with E-state index in [4.69, 9.17) is 4.74 Å². The van der Waals surface area contributed by atoms with Crippen molar-refractivity contribution in [2.24, 2.45) is 0 Å². The smallest absolute Gasteiger partial charge is 0.316 e. The van der Waals surface area contributed by atoms with Crippen LogP contribution in [0, 0.1) is 6.92 Å². The molecule has 0 radical (unpaired) electrons. The van der Waals surface area contributed by atoms with E-state index < -0.39 is 5.60 Å². The Balaban J connectivity index is 2.59. The number of rotatable bonds is 4. The standard InChI is InChI=1S/C14H18O3S/c1-10-7-11(8-15)5-6-12(10)18-9-13(16)17-14(2,3)4/h5-8H,9H2,1-4H3. The van der Waals surface area contributed by atoms with Crippen molar-refractivity contribution in [2.45, 2.75) is 38.2 Å². The van der Waals surface area contributed by atoms with Crippen molar-refractivity contribution >= 4 is 24.0 Å². The first-order chi connectivity index (χ1) is 8.31. The molecule has 0 saturated carbocycles. The SMILES string of the molecule is Cc1cc(C=O)ccc1SCC(=O)OC(C)(C)C. The molecule has 0 heterocycles. The van der Waals surface area contributed by atoms with E-state index in [1.165, 1.54) is 11.8 Å². The third-order valence-electron chi connectivity index (χ3n) is 2.10. The van der Waals surface area contributed by atoms with E-state index in [0.29, 0.717) is 5.56 Å². The topological polar surface area (TPSA) is 43.4 Å². The third-order valence-corrected chi connectivity index (χ3v) is 3.25. The van der Waals surface area contributed by atoms with Crippen molar-refractivity contribution in [1.29, 1.82) is 0 Å².